The van der Waals surface area contributed by atoms with Crippen LogP contribution in [0.5, 0.6) is 0 Å². The summed E-state index contributed by atoms with van der Waals surface area (Å²) in [7, 11) is 0. The number of hydrogen-bond acceptors (Lipinski definition) is 8. The van der Waals surface area contributed by atoms with Crippen molar-refractivity contribution in [2.75, 3.05) is 0 Å². The summed E-state index contributed by atoms with van der Waals surface area (Å²) < 4.78 is 26.4. The van der Waals surface area contributed by atoms with Crippen LogP contribution in [0.3, 0.4) is 0 Å². The number of nitriles is 1. The van der Waals surface area contributed by atoms with E-state index in [9.17, 15) is 13.6 Å². The fraction of sp³-hybridized carbons (Fsp3) is 0.190. The first-order chi connectivity index (χ1) is 15.4. The first kappa shape index (κ1) is 20.9. The molecule has 9 nitrogen and oxygen atoms in total. The van der Waals surface area contributed by atoms with Gasteiger partial charge in [0.1, 0.15) is 29.0 Å². The number of amides is 1. The Bertz CT molecular complexity index is 1260. The van der Waals surface area contributed by atoms with E-state index in [2.05, 4.69) is 30.6 Å². The molecule has 160 valence electrons. The van der Waals surface area contributed by atoms with Crippen molar-refractivity contribution in [3.05, 3.63) is 82.2 Å². The number of nitrogens with zero attached hydrogens (tertiary/aromatic N) is 6. The van der Waals surface area contributed by atoms with Crippen molar-refractivity contribution in [1.82, 2.24) is 25.5 Å². The molecule has 1 aliphatic rings. The molecule has 3 heterocycles. The lowest BCUT2D eigenvalue weighted by Crippen LogP contribution is -2.25. The first-order valence-corrected chi connectivity index (χ1v) is 9.47. The largest absolute Gasteiger partial charge is 0.385 e. The molecular formula is C21H15F2N7O2. The molecule has 4 rings (SSSR count). The number of carbonyl (C=O) groups excluding carboxylic acids is 1. The van der Waals surface area contributed by atoms with Gasteiger partial charge in [-0.25, -0.2) is 18.7 Å². The maximum absolute atomic E-state index is 13.3. The van der Waals surface area contributed by atoms with Crippen LogP contribution in [-0.4, -0.2) is 31.8 Å². The fourth-order valence-corrected chi connectivity index (χ4v) is 3.02. The minimum Gasteiger partial charge on any atom is -0.385 e. The van der Waals surface area contributed by atoms with E-state index in [1.165, 1.54) is 18.2 Å². The van der Waals surface area contributed by atoms with Gasteiger partial charge in [0.05, 0.1) is 5.69 Å². The summed E-state index contributed by atoms with van der Waals surface area (Å²) in [6.45, 7) is 1.63. The van der Waals surface area contributed by atoms with Crippen molar-refractivity contribution in [1.29, 1.82) is 5.26 Å². The number of hydrogen-bond donors (Lipinski definition) is 1. The normalized spacial score (nSPS) is 14.9. The Kier molecular flexibility index (Phi) is 5.76. The second-order valence-electron chi connectivity index (χ2n) is 6.91. The Morgan fingerprint density at radius 1 is 1.19 bits per heavy atom. The molecule has 1 aromatic carbocycles. The predicted molar refractivity (Wildman–Crippen MR) is 106 cm³/mol. The van der Waals surface area contributed by atoms with E-state index >= 15 is 0 Å². The second kappa shape index (κ2) is 8.81. The third kappa shape index (κ3) is 4.54. The number of aryl methyl sites for hydroxylation is 1. The van der Waals surface area contributed by atoms with E-state index in [-0.39, 0.29) is 17.9 Å². The average Bonchev–Trinajstić information content (AvgIpc) is 3.30. The lowest BCUT2D eigenvalue weighted by molar-refractivity contribution is 0.0818. The molecule has 3 aromatic rings. The van der Waals surface area contributed by atoms with Crippen LogP contribution in [0.15, 0.2) is 41.6 Å². The number of halogens is 2. The lowest BCUT2D eigenvalue weighted by Gasteiger charge is -2.08. The van der Waals surface area contributed by atoms with Crippen LogP contribution in [0.4, 0.5) is 8.78 Å². The molecule has 1 unspecified atom stereocenters. The van der Waals surface area contributed by atoms with Crippen molar-refractivity contribution in [3.63, 3.8) is 0 Å². The molecule has 1 atom stereocenters. The van der Waals surface area contributed by atoms with Crippen LogP contribution in [0.25, 0.3) is 0 Å². The Morgan fingerprint density at radius 2 is 2.03 bits per heavy atom. The Balaban J connectivity index is 1.45. The molecule has 1 amide bonds. The molecule has 1 N–H and O–H groups in total. The summed E-state index contributed by atoms with van der Waals surface area (Å²) in [4.78, 5) is 26.4. The highest BCUT2D eigenvalue weighted by molar-refractivity contribution is 6.01. The molecule has 0 spiro atoms. The molecule has 0 saturated carbocycles. The topological polar surface area (TPSA) is 126 Å². The van der Waals surface area contributed by atoms with Crippen LogP contribution in [0.2, 0.25) is 0 Å². The maximum atomic E-state index is 13.3. The van der Waals surface area contributed by atoms with Gasteiger partial charge in [0, 0.05) is 13.0 Å². The summed E-state index contributed by atoms with van der Waals surface area (Å²) in [6, 6.07) is 9.94. The van der Waals surface area contributed by atoms with Gasteiger partial charge in [0.15, 0.2) is 23.4 Å². The van der Waals surface area contributed by atoms with Gasteiger partial charge in [-0.05, 0) is 42.8 Å². The van der Waals surface area contributed by atoms with E-state index in [4.69, 9.17) is 10.1 Å². The van der Waals surface area contributed by atoms with E-state index in [0.29, 0.717) is 34.9 Å². The number of oxime groups is 1. The molecule has 0 bridgehead atoms. The highest BCUT2D eigenvalue weighted by Crippen LogP contribution is 2.27. The zero-order chi connectivity index (χ0) is 22.7. The third-order valence-corrected chi connectivity index (χ3v) is 4.60. The molecule has 0 saturated heterocycles. The van der Waals surface area contributed by atoms with Gasteiger partial charge in [0.25, 0.3) is 5.91 Å². The Labute approximate surface area is 180 Å². The number of nitrogens with one attached hydrogen (secondary N) is 1. The van der Waals surface area contributed by atoms with Gasteiger partial charge < -0.3 is 10.2 Å². The standard InChI is InChI=1S/C21H15F2N7O2/c1-11-26-17(18-8-20(32-30-18)16-5-3-13(9-24)28-29-16)7-19(27-11)21(31)25-10-12-2-4-14(22)15(23)6-12/h2-7,20H,8,10H2,1H3,(H,25,31). The number of rotatable bonds is 5. The van der Waals surface area contributed by atoms with Crippen LogP contribution in [-0.2, 0) is 11.4 Å². The average molecular weight is 435 g/mol. The van der Waals surface area contributed by atoms with Gasteiger partial charge in [0.2, 0.25) is 0 Å². The van der Waals surface area contributed by atoms with Crippen molar-refractivity contribution in [3.8, 4) is 6.07 Å². The second-order valence-corrected chi connectivity index (χ2v) is 6.91. The van der Waals surface area contributed by atoms with Gasteiger partial charge >= 0.3 is 0 Å². The maximum Gasteiger partial charge on any atom is 0.270 e. The van der Waals surface area contributed by atoms with Gasteiger partial charge in [-0.1, -0.05) is 11.2 Å². The minimum absolute atomic E-state index is 0.00207. The lowest BCUT2D eigenvalue weighted by atomic mass is 10.1. The summed E-state index contributed by atoms with van der Waals surface area (Å²) in [5.41, 5.74) is 2.12. The zero-order valence-electron chi connectivity index (χ0n) is 16.7. The van der Waals surface area contributed by atoms with Crippen LogP contribution >= 0.6 is 0 Å². The van der Waals surface area contributed by atoms with E-state index < -0.39 is 23.6 Å². The van der Waals surface area contributed by atoms with Crippen LogP contribution in [0.1, 0.15) is 51.5 Å². The highest BCUT2D eigenvalue weighted by Gasteiger charge is 2.27. The summed E-state index contributed by atoms with van der Waals surface area (Å²) >= 11 is 0. The molecule has 0 fully saturated rings. The minimum atomic E-state index is -0.988. The van der Waals surface area contributed by atoms with E-state index in [0.717, 1.165) is 12.1 Å². The van der Waals surface area contributed by atoms with Gasteiger partial charge in [-0.3, -0.25) is 4.79 Å². The molecule has 0 aliphatic carbocycles. The number of carbonyl (C=O) groups is 1. The Hall–Kier alpha value is -4.33. The van der Waals surface area contributed by atoms with Crippen LogP contribution in [0, 0.1) is 29.9 Å². The van der Waals surface area contributed by atoms with E-state index in [1.54, 1.807) is 13.0 Å². The van der Waals surface area contributed by atoms with Gasteiger partial charge in [-0.2, -0.15) is 10.4 Å². The predicted octanol–water partition coefficient (Wildman–Crippen LogP) is 2.52. The SMILES string of the molecule is Cc1nc(C(=O)NCc2ccc(F)c(F)c2)cc(C2=NOC(c3ccc(C#N)nn3)C2)n1. The number of aromatic nitrogens is 4. The summed E-state index contributed by atoms with van der Waals surface area (Å²) in [6.07, 6.45) is -0.154. The fourth-order valence-electron chi connectivity index (χ4n) is 3.02. The highest BCUT2D eigenvalue weighted by atomic mass is 19.2. The molecule has 0 radical (unpaired) electrons. The smallest absolute Gasteiger partial charge is 0.270 e. The zero-order valence-corrected chi connectivity index (χ0v) is 16.7. The summed E-state index contributed by atoms with van der Waals surface area (Å²) in [5.74, 6) is -2.10. The molecule has 2 aromatic heterocycles. The van der Waals surface area contributed by atoms with Crippen molar-refractivity contribution >= 4 is 11.6 Å². The first-order valence-electron chi connectivity index (χ1n) is 9.47. The van der Waals surface area contributed by atoms with Crippen molar-refractivity contribution in [2.45, 2.75) is 26.0 Å². The Morgan fingerprint density at radius 3 is 2.75 bits per heavy atom. The van der Waals surface area contributed by atoms with Gasteiger partial charge in [-0.15, -0.1) is 5.10 Å². The van der Waals surface area contributed by atoms with Crippen LogP contribution < -0.4 is 5.32 Å². The summed E-state index contributed by atoms with van der Waals surface area (Å²) in [5, 5.41) is 23.2. The van der Waals surface area contributed by atoms with Crippen molar-refractivity contribution < 1.29 is 18.4 Å². The molecule has 32 heavy (non-hydrogen) atoms. The number of benzene rings is 1. The monoisotopic (exact) mass is 435 g/mol. The molecule has 1 aliphatic heterocycles. The quantitative estimate of drug-likeness (QED) is 0.653. The van der Waals surface area contributed by atoms with Crippen molar-refractivity contribution in [2.24, 2.45) is 5.16 Å². The molecular weight excluding hydrogens is 420 g/mol. The third-order valence-electron chi connectivity index (χ3n) is 4.60. The molecule has 11 heteroatoms. The van der Waals surface area contributed by atoms with E-state index in [1.807, 2.05) is 6.07 Å².